The predicted molar refractivity (Wildman–Crippen MR) is 111 cm³/mol. The van der Waals surface area contributed by atoms with Crippen molar-refractivity contribution >= 4 is 28.0 Å². The van der Waals surface area contributed by atoms with Gasteiger partial charge in [0.1, 0.15) is 17.6 Å². The van der Waals surface area contributed by atoms with Gasteiger partial charge in [-0.1, -0.05) is 42.0 Å². The average Bonchev–Trinajstić information content (AvgIpc) is 3.48. The molecule has 1 aliphatic rings. The van der Waals surface area contributed by atoms with E-state index in [4.69, 9.17) is 4.42 Å². The van der Waals surface area contributed by atoms with Crippen molar-refractivity contribution in [1.29, 1.82) is 0 Å². The van der Waals surface area contributed by atoms with Gasteiger partial charge in [-0.2, -0.15) is 0 Å². The molecule has 146 valence electrons. The molecule has 1 fully saturated rings. The number of benzene rings is 2. The predicted octanol–water partition coefficient (Wildman–Crippen LogP) is 3.64. The van der Waals surface area contributed by atoms with Crippen LogP contribution in [0.4, 0.5) is 0 Å². The fourth-order valence-electron chi connectivity index (χ4n) is 3.78. The second-order valence-corrected chi connectivity index (χ2v) is 7.70. The van der Waals surface area contributed by atoms with Crippen LogP contribution in [0.3, 0.4) is 0 Å². The highest BCUT2D eigenvalue weighted by Gasteiger charge is 2.32. The number of aromatic nitrogens is 2. The van der Waals surface area contributed by atoms with Gasteiger partial charge in [-0.3, -0.25) is 14.2 Å². The number of carbonyl (C=O) groups is 1. The molecule has 0 saturated heterocycles. The first-order valence-corrected chi connectivity index (χ1v) is 9.82. The molecule has 1 saturated carbocycles. The van der Waals surface area contributed by atoms with Crippen LogP contribution >= 0.6 is 0 Å². The van der Waals surface area contributed by atoms with Crippen molar-refractivity contribution in [3.8, 4) is 0 Å². The zero-order chi connectivity index (χ0) is 20.0. The first-order chi connectivity index (χ1) is 14.1. The maximum Gasteiger partial charge on any atom is 0.297 e. The van der Waals surface area contributed by atoms with Crippen molar-refractivity contribution in [2.45, 2.75) is 38.9 Å². The third-order valence-electron chi connectivity index (χ3n) is 5.40. The van der Waals surface area contributed by atoms with Gasteiger partial charge in [-0.25, -0.2) is 4.98 Å². The molecule has 0 aliphatic heterocycles. The lowest BCUT2D eigenvalue weighted by Gasteiger charge is -2.23. The Morgan fingerprint density at radius 2 is 2.03 bits per heavy atom. The smallest absolute Gasteiger partial charge is 0.297 e. The minimum Gasteiger partial charge on any atom is -0.448 e. The van der Waals surface area contributed by atoms with Gasteiger partial charge in [-0.05, 0) is 37.5 Å². The van der Waals surface area contributed by atoms with E-state index in [0.29, 0.717) is 17.6 Å². The van der Waals surface area contributed by atoms with E-state index in [1.807, 2.05) is 54.3 Å². The van der Waals surface area contributed by atoms with Crippen LogP contribution in [0, 0.1) is 6.92 Å². The summed E-state index contributed by atoms with van der Waals surface area (Å²) in [4.78, 5) is 32.2. The Labute approximate surface area is 167 Å². The number of para-hydroxylation sites is 1. The summed E-state index contributed by atoms with van der Waals surface area (Å²) in [6.07, 6.45) is 3.46. The number of carbonyl (C=O) groups excluding carboxylic acids is 1. The number of aryl methyl sites for hydroxylation is 1. The average molecular weight is 387 g/mol. The molecule has 4 aromatic rings. The minimum atomic E-state index is -0.328. The van der Waals surface area contributed by atoms with Crippen molar-refractivity contribution in [2.75, 3.05) is 0 Å². The normalized spacial score (nSPS) is 13.8. The molecule has 0 unspecified atom stereocenters. The van der Waals surface area contributed by atoms with Crippen LogP contribution in [0.25, 0.3) is 22.1 Å². The Balaban J connectivity index is 1.44. The van der Waals surface area contributed by atoms with E-state index in [0.717, 1.165) is 23.8 Å². The Bertz CT molecular complexity index is 1280. The van der Waals surface area contributed by atoms with Gasteiger partial charge in [0.05, 0.1) is 6.33 Å². The van der Waals surface area contributed by atoms with E-state index in [1.165, 1.54) is 16.5 Å². The molecule has 0 N–H and O–H groups in total. The van der Waals surface area contributed by atoms with Crippen LogP contribution in [-0.4, -0.2) is 26.4 Å². The summed E-state index contributed by atoms with van der Waals surface area (Å²) in [6, 6.07) is 15.8. The molecule has 0 bridgehead atoms. The Morgan fingerprint density at radius 3 is 2.83 bits per heavy atom. The number of amides is 1. The van der Waals surface area contributed by atoms with Gasteiger partial charge in [-0.15, -0.1) is 0 Å². The van der Waals surface area contributed by atoms with E-state index in [2.05, 4.69) is 11.1 Å². The first kappa shape index (κ1) is 17.7. The molecule has 1 amide bonds. The molecule has 2 aromatic heterocycles. The number of fused-ring (bicyclic) bond motifs is 3. The molecule has 0 radical (unpaired) electrons. The van der Waals surface area contributed by atoms with Gasteiger partial charge in [0.15, 0.2) is 0 Å². The molecule has 5 rings (SSSR count). The summed E-state index contributed by atoms with van der Waals surface area (Å²) < 4.78 is 7.06. The van der Waals surface area contributed by atoms with Crippen LogP contribution < -0.4 is 5.56 Å². The fourth-order valence-corrected chi connectivity index (χ4v) is 3.78. The lowest BCUT2D eigenvalue weighted by atomic mass is 10.1. The zero-order valence-electron chi connectivity index (χ0n) is 16.2. The number of nitrogens with zero attached hydrogens (tertiary/aromatic N) is 3. The standard InChI is InChI=1S/C23H21N3O3/c1-15-5-4-6-16(11-15)12-26(17-9-10-17)20(27)13-25-14-24-21-18-7-2-3-8-19(18)29-22(21)23(25)28/h2-8,11,14,17H,9-10,12-13H2,1H3. The Morgan fingerprint density at radius 1 is 1.21 bits per heavy atom. The van der Waals surface area contributed by atoms with Gasteiger partial charge >= 0.3 is 0 Å². The van der Waals surface area contributed by atoms with E-state index in [-0.39, 0.29) is 29.6 Å². The first-order valence-electron chi connectivity index (χ1n) is 9.82. The monoisotopic (exact) mass is 387 g/mol. The van der Waals surface area contributed by atoms with Crippen LogP contribution in [0.2, 0.25) is 0 Å². The van der Waals surface area contributed by atoms with Crippen LogP contribution in [0.1, 0.15) is 24.0 Å². The van der Waals surface area contributed by atoms with Gasteiger partial charge in [0.25, 0.3) is 5.56 Å². The molecule has 2 heterocycles. The maximum atomic E-state index is 13.1. The lowest BCUT2D eigenvalue weighted by molar-refractivity contribution is -0.133. The summed E-state index contributed by atoms with van der Waals surface area (Å²) in [7, 11) is 0. The second kappa shape index (κ2) is 6.88. The molecule has 29 heavy (non-hydrogen) atoms. The number of rotatable bonds is 5. The van der Waals surface area contributed by atoms with Gasteiger partial charge < -0.3 is 9.32 Å². The van der Waals surface area contributed by atoms with Crippen LogP contribution in [0.15, 0.2) is 64.1 Å². The highest BCUT2D eigenvalue weighted by molar-refractivity contribution is 6.01. The lowest BCUT2D eigenvalue weighted by Crippen LogP contribution is -2.37. The van der Waals surface area contributed by atoms with Crippen molar-refractivity contribution in [3.63, 3.8) is 0 Å². The summed E-state index contributed by atoms with van der Waals surface area (Å²) in [5.74, 6) is -0.0756. The van der Waals surface area contributed by atoms with Crippen molar-refractivity contribution in [3.05, 3.63) is 76.3 Å². The quantitative estimate of drug-likeness (QED) is 0.524. The molecule has 0 spiro atoms. The molecular weight excluding hydrogens is 366 g/mol. The molecule has 6 heteroatoms. The molecule has 0 atom stereocenters. The molecule has 2 aromatic carbocycles. The van der Waals surface area contributed by atoms with Gasteiger partial charge in [0, 0.05) is 18.0 Å². The van der Waals surface area contributed by atoms with Crippen LogP contribution in [0.5, 0.6) is 0 Å². The molecule has 1 aliphatic carbocycles. The Kier molecular flexibility index (Phi) is 4.19. The third-order valence-corrected chi connectivity index (χ3v) is 5.40. The fraction of sp³-hybridized carbons (Fsp3) is 0.261. The van der Waals surface area contributed by atoms with Crippen molar-refractivity contribution < 1.29 is 9.21 Å². The SMILES string of the molecule is Cc1cccc(CN(C(=O)Cn2cnc3c(oc4ccccc43)c2=O)C2CC2)c1. The molecule has 6 nitrogen and oxygen atoms in total. The summed E-state index contributed by atoms with van der Waals surface area (Å²) in [5.41, 5.74) is 3.29. The zero-order valence-corrected chi connectivity index (χ0v) is 16.2. The topological polar surface area (TPSA) is 68.3 Å². The van der Waals surface area contributed by atoms with Gasteiger partial charge in [0.2, 0.25) is 11.5 Å². The number of hydrogen-bond donors (Lipinski definition) is 0. The summed E-state index contributed by atoms with van der Waals surface area (Å²) >= 11 is 0. The Hall–Kier alpha value is -3.41. The van der Waals surface area contributed by atoms with E-state index < -0.39 is 0 Å². The second-order valence-electron chi connectivity index (χ2n) is 7.70. The van der Waals surface area contributed by atoms with Crippen molar-refractivity contribution in [2.24, 2.45) is 0 Å². The van der Waals surface area contributed by atoms with E-state index in [1.54, 1.807) is 0 Å². The summed E-state index contributed by atoms with van der Waals surface area (Å²) in [6.45, 7) is 2.56. The highest BCUT2D eigenvalue weighted by Crippen LogP contribution is 2.29. The number of furan rings is 1. The number of hydrogen-bond acceptors (Lipinski definition) is 4. The minimum absolute atomic E-state index is 0.0405. The largest absolute Gasteiger partial charge is 0.448 e. The van der Waals surface area contributed by atoms with E-state index >= 15 is 0 Å². The maximum absolute atomic E-state index is 13.1. The third kappa shape index (κ3) is 3.31. The van der Waals surface area contributed by atoms with Crippen LogP contribution in [-0.2, 0) is 17.9 Å². The van der Waals surface area contributed by atoms with E-state index in [9.17, 15) is 9.59 Å². The van der Waals surface area contributed by atoms with Crippen molar-refractivity contribution in [1.82, 2.24) is 14.5 Å². The summed E-state index contributed by atoms with van der Waals surface area (Å²) in [5, 5.41) is 0.803. The molecular formula is C23H21N3O3. The highest BCUT2D eigenvalue weighted by atomic mass is 16.3.